The van der Waals surface area contributed by atoms with Crippen molar-refractivity contribution in [3.8, 4) is 5.75 Å². The number of rotatable bonds is 6. The zero-order chi connectivity index (χ0) is 13.6. The summed E-state index contributed by atoms with van der Waals surface area (Å²) in [5.74, 6) is 0.802. The number of nitrogens with two attached hydrogens (primary N) is 1. The van der Waals surface area contributed by atoms with Crippen LogP contribution in [-0.2, 0) is 11.3 Å². The van der Waals surface area contributed by atoms with Crippen molar-refractivity contribution in [2.45, 2.75) is 38.8 Å². The molecule has 0 bridgehead atoms. The van der Waals surface area contributed by atoms with Crippen molar-refractivity contribution in [3.63, 3.8) is 0 Å². The highest BCUT2D eigenvalue weighted by molar-refractivity contribution is 5.76. The normalized spacial score (nSPS) is 11.1. The lowest BCUT2D eigenvalue weighted by Crippen LogP contribution is -2.34. The van der Waals surface area contributed by atoms with Crippen LogP contribution < -0.4 is 15.8 Å². The molecule has 0 saturated heterocycles. The molecular formula is C14H22N2O2. The van der Waals surface area contributed by atoms with Gasteiger partial charge in [0.1, 0.15) is 5.75 Å². The molecule has 1 aromatic rings. The lowest BCUT2D eigenvalue weighted by molar-refractivity contribution is -0.121. The second kappa shape index (κ2) is 6.40. The first kappa shape index (κ1) is 14.5. The number of hydrogen-bond donors (Lipinski definition) is 2. The van der Waals surface area contributed by atoms with E-state index in [0.717, 1.165) is 11.3 Å². The van der Waals surface area contributed by atoms with Crippen LogP contribution in [-0.4, -0.2) is 18.6 Å². The first-order chi connectivity index (χ1) is 8.42. The molecule has 18 heavy (non-hydrogen) atoms. The van der Waals surface area contributed by atoms with Crippen molar-refractivity contribution in [3.05, 3.63) is 29.8 Å². The van der Waals surface area contributed by atoms with E-state index in [1.165, 1.54) is 0 Å². The summed E-state index contributed by atoms with van der Waals surface area (Å²) in [4.78, 5) is 11.7. The fourth-order valence-corrected chi connectivity index (χ4v) is 1.57. The molecule has 1 rings (SSSR count). The van der Waals surface area contributed by atoms with Gasteiger partial charge in [-0.2, -0.15) is 0 Å². The van der Waals surface area contributed by atoms with Crippen LogP contribution in [0.2, 0.25) is 0 Å². The van der Waals surface area contributed by atoms with Crippen LogP contribution in [0.25, 0.3) is 0 Å². The van der Waals surface area contributed by atoms with Gasteiger partial charge < -0.3 is 15.8 Å². The summed E-state index contributed by atoms with van der Waals surface area (Å²) in [6, 6.07) is 7.64. The molecular weight excluding hydrogens is 228 g/mol. The Labute approximate surface area is 109 Å². The molecule has 0 unspecified atom stereocenters. The van der Waals surface area contributed by atoms with E-state index < -0.39 is 0 Å². The smallest absolute Gasteiger partial charge is 0.220 e. The number of benzene rings is 1. The third kappa shape index (κ3) is 5.19. The Morgan fingerprint density at radius 1 is 1.39 bits per heavy atom. The Bertz CT molecular complexity index is 397. The van der Waals surface area contributed by atoms with Crippen molar-refractivity contribution >= 4 is 5.91 Å². The van der Waals surface area contributed by atoms with Crippen molar-refractivity contribution < 1.29 is 9.53 Å². The van der Waals surface area contributed by atoms with Gasteiger partial charge in [0.25, 0.3) is 0 Å². The van der Waals surface area contributed by atoms with Gasteiger partial charge >= 0.3 is 0 Å². The Kier molecular flexibility index (Phi) is 5.16. The topological polar surface area (TPSA) is 64.3 Å². The highest BCUT2D eigenvalue weighted by Gasteiger charge is 2.13. The molecule has 0 aliphatic carbocycles. The molecule has 0 radical (unpaired) electrons. The molecule has 4 heteroatoms. The van der Waals surface area contributed by atoms with Crippen LogP contribution in [0.1, 0.15) is 32.3 Å². The maximum absolute atomic E-state index is 11.7. The van der Waals surface area contributed by atoms with Gasteiger partial charge in [-0.25, -0.2) is 0 Å². The fraction of sp³-hybridized carbons (Fsp3) is 0.500. The number of amides is 1. The van der Waals surface area contributed by atoms with Crippen LogP contribution in [0, 0.1) is 0 Å². The van der Waals surface area contributed by atoms with E-state index in [0.29, 0.717) is 19.4 Å². The minimum Gasteiger partial charge on any atom is -0.496 e. The van der Waals surface area contributed by atoms with E-state index in [-0.39, 0.29) is 11.4 Å². The number of methoxy groups -OCH3 is 1. The number of hydrogen-bond acceptors (Lipinski definition) is 3. The van der Waals surface area contributed by atoms with Crippen molar-refractivity contribution in [2.24, 2.45) is 5.73 Å². The SMILES string of the molecule is COc1ccccc1CNC(=O)CCC(C)(C)N. The van der Waals surface area contributed by atoms with Crippen molar-refractivity contribution in [2.75, 3.05) is 7.11 Å². The molecule has 1 amide bonds. The molecule has 0 saturated carbocycles. The van der Waals surface area contributed by atoms with Gasteiger partial charge in [0.15, 0.2) is 0 Å². The van der Waals surface area contributed by atoms with E-state index in [1.54, 1.807) is 7.11 Å². The predicted molar refractivity (Wildman–Crippen MR) is 72.3 cm³/mol. The van der Waals surface area contributed by atoms with Crippen molar-refractivity contribution in [1.82, 2.24) is 5.32 Å². The van der Waals surface area contributed by atoms with Gasteiger partial charge in [-0.05, 0) is 26.3 Å². The lowest BCUT2D eigenvalue weighted by atomic mass is 10.00. The van der Waals surface area contributed by atoms with Crippen LogP contribution >= 0.6 is 0 Å². The van der Waals surface area contributed by atoms with Crippen LogP contribution in [0.15, 0.2) is 24.3 Å². The summed E-state index contributed by atoms with van der Waals surface area (Å²) in [5, 5.41) is 2.87. The average molecular weight is 250 g/mol. The average Bonchev–Trinajstić information content (AvgIpc) is 2.33. The largest absolute Gasteiger partial charge is 0.496 e. The summed E-state index contributed by atoms with van der Waals surface area (Å²) >= 11 is 0. The molecule has 0 aliphatic heterocycles. The number of para-hydroxylation sites is 1. The summed E-state index contributed by atoms with van der Waals surface area (Å²) in [6.07, 6.45) is 1.11. The molecule has 0 heterocycles. The molecule has 0 spiro atoms. The fourth-order valence-electron chi connectivity index (χ4n) is 1.57. The maximum atomic E-state index is 11.7. The lowest BCUT2D eigenvalue weighted by Gasteiger charge is -2.17. The van der Waals surface area contributed by atoms with Crippen molar-refractivity contribution in [1.29, 1.82) is 0 Å². The third-order valence-electron chi connectivity index (χ3n) is 2.66. The molecule has 1 aromatic carbocycles. The van der Waals surface area contributed by atoms with E-state index in [1.807, 2.05) is 38.1 Å². The Hall–Kier alpha value is -1.55. The van der Waals surface area contributed by atoms with Gasteiger partial charge in [0, 0.05) is 24.1 Å². The maximum Gasteiger partial charge on any atom is 0.220 e. The molecule has 0 aliphatic rings. The quantitative estimate of drug-likeness (QED) is 0.809. The molecule has 4 nitrogen and oxygen atoms in total. The second-order valence-corrected chi connectivity index (χ2v) is 5.08. The van der Waals surface area contributed by atoms with Gasteiger partial charge in [-0.15, -0.1) is 0 Å². The predicted octanol–water partition coefficient (Wildman–Crippen LogP) is 1.83. The number of nitrogens with one attached hydrogen (secondary N) is 1. The summed E-state index contributed by atoms with van der Waals surface area (Å²) in [7, 11) is 1.62. The molecule has 0 fully saturated rings. The van der Waals surface area contributed by atoms with Crippen LogP contribution in [0.3, 0.4) is 0 Å². The van der Waals surface area contributed by atoms with Crippen LogP contribution in [0.5, 0.6) is 5.75 Å². The molecule has 0 aromatic heterocycles. The standard InChI is InChI=1S/C14H22N2O2/c1-14(2,15)9-8-13(17)16-10-11-6-4-5-7-12(11)18-3/h4-7H,8-10,15H2,1-3H3,(H,16,17). The van der Waals surface area contributed by atoms with E-state index in [4.69, 9.17) is 10.5 Å². The molecule has 3 N–H and O–H groups in total. The van der Waals surface area contributed by atoms with Gasteiger partial charge in [-0.1, -0.05) is 18.2 Å². The Morgan fingerprint density at radius 2 is 2.06 bits per heavy atom. The molecule has 100 valence electrons. The van der Waals surface area contributed by atoms with E-state index >= 15 is 0 Å². The first-order valence-electron chi connectivity index (χ1n) is 6.10. The zero-order valence-electron chi connectivity index (χ0n) is 11.3. The number of ether oxygens (including phenoxy) is 1. The Morgan fingerprint density at radius 3 is 2.67 bits per heavy atom. The second-order valence-electron chi connectivity index (χ2n) is 5.08. The summed E-state index contributed by atoms with van der Waals surface area (Å²) < 4.78 is 5.22. The minimum atomic E-state index is -0.304. The van der Waals surface area contributed by atoms with E-state index in [2.05, 4.69) is 5.32 Å². The minimum absolute atomic E-state index is 0.0134. The highest BCUT2D eigenvalue weighted by atomic mass is 16.5. The number of carbonyl (C=O) groups is 1. The number of carbonyl (C=O) groups excluding carboxylic acids is 1. The van der Waals surface area contributed by atoms with Crippen LogP contribution in [0.4, 0.5) is 0 Å². The summed E-state index contributed by atoms with van der Waals surface area (Å²) in [5.41, 5.74) is 6.51. The zero-order valence-corrected chi connectivity index (χ0v) is 11.3. The summed E-state index contributed by atoms with van der Waals surface area (Å²) in [6.45, 7) is 4.31. The van der Waals surface area contributed by atoms with Gasteiger partial charge in [0.05, 0.1) is 7.11 Å². The monoisotopic (exact) mass is 250 g/mol. The van der Waals surface area contributed by atoms with Gasteiger partial charge in [-0.3, -0.25) is 4.79 Å². The van der Waals surface area contributed by atoms with Gasteiger partial charge in [0.2, 0.25) is 5.91 Å². The third-order valence-corrected chi connectivity index (χ3v) is 2.66. The Balaban J connectivity index is 2.43. The molecule has 0 atom stereocenters. The van der Waals surface area contributed by atoms with E-state index in [9.17, 15) is 4.79 Å². The first-order valence-corrected chi connectivity index (χ1v) is 6.10. The highest BCUT2D eigenvalue weighted by Crippen LogP contribution is 2.16.